The Morgan fingerprint density at radius 2 is 1.85 bits per heavy atom. The van der Waals surface area contributed by atoms with E-state index >= 15 is 0 Å². The first kappa shape index (κ1) is 16.9. The maximum Gasteiger partial charge on any atom is 0.358 e. The summed E-state index contributed by atoms with van der Waals surface area (Å²) in [5, 5.41) is 0.550. The standard InChI is InChI=1S/C14H18ClNO3S/c1-5-19-13(17)12(16-20(18)14(2,3)4)10-6-8-11(15)9-7-10/h6-9H,5H2,1-4H3/b16-12+/t20-/m1/s1. The summed E-state index contributed by atoms with van der Waals surface area (Å²) in [6.45, 7) is 7.30. The van der Waals surface area contributed by atoms with E-state index in [0.717, 1.165) is 0 Å². The summed E-state index contributed by atoms with van der Waals surface area (Å²) in [4.78, 5) is 12.0. The van der Waals surface area contributed by atoms with Crippen LogP contribution in [0.5, 0.6) is 0 Å². The fraction of sp³-hybridized carbons (Fsp3) is 0.429. The van der Waals surface area contributed by atoms with E-state index in [1.54, 1.807) is 52.0 Å². The van der Waals surface area contributed by atoms with E-state index in [1.165, 1.54) is 0 Å². The van der Waals surface area contributed by atoms with Gasteiger partial charge in [-0.2, -0.15) is 4.40 Å². The minimum Gasteiger partial charge on any atom is -0.461 e. The summed E-state index contributed by atoms with van der Waals surface area (Å²) in [6, 6.07) is 6.59. The van der Waals surface area contributed by atoms with Crippen molar-refractivity contribution < 1.29 is 13.7 Å². The molecule has 1 rings (SSSR count). The van der Waals surface area contributed by atoms with Crippen molar-refractivity contribution in [3.05, 3.63) is 34.9 Å². The third-order valence-electron chi connectivity index (χ3n) is 2.28. The number of hydrogen-bond acceptors (Lipinski definition) is 3. The summed E-state index contributed by atoms with van der Waals surface area (Å²) in [5.74, 6) is -0.590. The van der Waals surface area contributed by atoms with E-state index in [1.807, 2.05) is 0 Å². The zero-order valence-electron chi connectivity index (χ0n) is 12.0. The predicted octanol–water partition coefficient (Wildman–Crippen LogP) is 3.15. The molecule has 0 N–H and O–H groups in total. The van der Waals surface area contributed by atoms with E-state index < -0.39 is 21.7 Å². The molecule has 0 aliphatic carbocycles. The maximum absolute atomic E-state index is 12.1. The highest BCUT2D eigenvalue weighted by atomic mass is 35.5. The van der Waals surface area contributed by atoms with E-state index in [0.29, 0.717) is 10.6 Å². The first-order chi connectivity index (χ1) is 9.25. The van der Waals surface area contributed by atoms with Gasteiger partial charge in [-0.25, -0.2) is 9.00 Å². The van der Waals surface area contributed by atoms with Crippen LogP contribution >= 0.6 is 11.6 Å². The van der Waals surface area contributed by atoms with Crippen molar-refractivity contribution in [2.45, 2.75) is 32.4 Å². The second-order valence-corrected chi connectivity index (χ2v) is 7.37. The van der Waals surface area contributed by atoms with Crippen LogP contribution in [0.3, 0.4) is 0 Å². The van der Waals surface area contributed by atoms with Crippen LogP contribution in [-0.4, -0.2) is 27.2 Å². The SMILES string of the molecule is CCOC(=O)/C(=N/[S@](=O)C(C)(C)C)c1ccc(Cl)cc1. The topological polar surface area (TPSA) is 55.7 Å². The van der Waals surface area contributed by atoms with Crippen LogP contribution in [-0.2, 0) is 20.5 Å². The lowest BCUT2D eigenvalue weighted by atomic mass is 10.1. The first-order valence-electron chi connectivity index (χ1n) is 6.19. The van der Waals surface area contributed by atoms with Gasteiger partial charge >= 0.3 is 5.97 Å². The molecule has 1 aromatic rings. The normalized spacial score (nSPS) is 13.9. The maximum atomic E-state index is 12.1. The summed E-state index contributed by atoms with van der Waals surface area (Å²) >= 11 is 5.82. The molecule has 1 atom stereocenters. The number of hydrogen-bond donors (Lipinski definition) is 0. The van der Waals surface area contributed by atoms with E-state index in [-0.39, 0.29) is 12.3 Å². The molecule has 4 nitrogen and oxygen atoms in total. The van der Waals surface area contributed by atoms with Crippen molar-refractivity contribution >= 4 is 34.3 Å². The van der Waals surface area contributed by atoms with Gasteiger partial charge in [-0.3, -0.25) is 0 Å². The molecule has 0 amide bonds. The molecule has 0 aliphatic rings. The second kappa shape index (κ2) is 6.99. The van der Waals surface area contributed by atoms with Crippen LogP contribution in [0.1, 0.15) is 33.3 Å². The van der Waals surface area contributed by atoms with Crippen molar-refractivity contribution in [2.75, 3.05) is 6.61 Å². The van der Waals surface area contributed by atoms with Gasteiger partial charge in [0.15, 0.2) is 5.71 Å². The Hall–Kier alpha value is -1.20. The van der Waals surface area contributed by atoms with Crippen molar-refractivity contribution in [1.29, 1.82) is 0 Å². The van der Waals surface area contributed by atoms with Gasteiger partial charge in [-0.15, -0.1) is 0 Å². The van der Waals surface area contributed by atoms with Gasteiger partial charge in [0.1, 0.15) is 11.0 Å². The zero-order valence-corrected chi connectivity index (χ0v) is 13.5. The Morgan fingerprint density at radius 1 is 1.30 bits per heavy atom. The van der Waals surface area contributed by atoms with Gasteiger partial charge in [-0.05, 0) is 39.8 Å². The van der Waals surface area contributed by atoms with Crippen LogP contribution in [0.25, 0.3) is 0 Å². The van der Waals surface area contributed by atoms with Crippen LogP contribution in [0.15, 0.2) is 28.7 Å². The second-order valence-electron chi connectivity index (χ2n) is 5.03. The molecular formula is C14H18ClNO3S. The molecule has 0 unspecified atom stereocenters. The molecule has 0 saturated carbocycles. The average Bonchev–Trinajstić information content (AvgIpc) is 2.36. The fourth-order valence-electron chi connectivity index (χ4n) is 1.23. The van der Waals surface area contributed by atoms with Crippen LogP contribution in [0.2, 0.25) is 5.02 Å². The number of benzene rings is 1. The molecule has 0 spiro atoms. The van der Waals surface area contributed by atoms with Gasteiger partial charge in [0.2, 0.25) is 0 Å². The highest BCUT2D eigenvalue weighted by molar-refractivity contribution is 7.85. The summed E-state index contributed by atoms with van der Waals surface area (Å²) in [5.41, 5.74) is 0.585. The Morgan fingerprint density at radius 3 is 2.30 bits per heavy atom. The van der Waals surface area contributed by atoms with Crippen LogP contribution in [0, 0.1) is 0 Å². The van der Waals surface area contributed by atoms with Crippen molar-refractivity contribution in [3.8, 4) is 0 Å². The van der Waals surface area contributed by atoms with Crippen LogP contribution < -0.4 is 0 Å². The van der Waals surface area contributed by atoms with Gasteiger partial charge in [-0.1, -0.05) is 23.7 Å². The summed E-state index contributed by atoms with van der Waals surface area (Å²) in [7, 11) is -1.54. The number of carbonyl (C=O) groups is 1. The minimum absolute atomic E-state index is 0.0526. The number of nitrogens with zero attached hydrogens (tertiary/aromatic N) is 1. The molecule has 0 bridgehead atoms. The predicted molar refractivity (Wildman–Crippen MR) is 82.5 cm³/mol. The van der Waals surface area contributed by atoms with Gasteiger partial charge < -0.3 is 4.74 Å². The molecule has 6 heteroatoms. The van der Waals surface area contributed by atoms with E-state index in [9.17, 15) is 9.00 Å². The smallest absolute Gasteiger partial charge is 0.358 e. The number of rotatable bonds is 4. The molecular weight excluding hydrogens is 298 g/mol. The summed E-state index contributed by atoms with van der Waals surface area (Å²) in [6.07, 6.45) is 0. The molecule has 0 radical (unpaired) electrons. The lowest BCUT2D eigenvalue weighted by Gasteiger charge is -2.14. The Kier molecular flexibility index (Phi) is 5.89. The van der Waals surface area contributed by atoms with Gasteiger partial charge in [0.05, 0.1) is 11.4 Å². The number of halogens is 1. The van der Waals surface area contributed by atoms with Gasteiger partial charge in [0, 0.05) is 10.6 Å². The summed E-state index contributed by atoms with van der Waals surface area (Å²) < 4.78 is 20.6. The third kappa shape index (κ3) is 4.72. The third-order valence-corrected chi connectivity index (χ3v) is 3.93. The molecule has 0 aliphatic heterocycles. The van der Waals surface area contributed by atoms with Gasteiger partial charge in [0.25, 0.3) is 0 Å². The Balaban J connectivity index is 3.22. The highest BCUT2D eigenvalue weighted by Gasteiger charge is 2.23. The molecule has 0 aromatic heterocycles. The molecule has 0 heterocycles. The molecule has 0 fully saturated rings. The molecule has 0 saturated heterocycles. The van der Waals surface area contributed by atoms with Crippen LogP contribution in [0.4, 0.5) is 0 Å². The number of ether oxygens (including phenoxy) is 1. The fourth-order valence-corrected chi connectivity index (χ4v) is 1.98. The quantitative estimate of drug-likeness (QED) is 0.633. The zero-order chi connectivity index (χ0) is 15.3. The number of esters is 1. The first-order valence-corrected chi connectivity index (χ1v) is 7.68. The van der Waals surface area contributed by atoms with E-state index in [4.69, 9.17) is 16.3 Å². The van der Waals surface area contributed by atoms with Crippen molar-refractivity contribution in [1.82, 2.24) is 0 Å². The largest absolute Gasteiger partial charge is 0.461 e. The average molecular weight is 316 g/mol. The van der Waals surface area contributed by atoms with E-state index in [2.05, 4.69) is 4.40 Å². The Labute approximate surface area is 126 Å². The molecule has 20 heavy (non-hydrogen) atoms. The Bertz CT molecular complexity index is 532. The monoisotopic (exact) mass is 315 g/mol. The minimum atomic E-state index is -1.54. The molecule has 110 valence electrons. The molecule has 1 aromatic carbocycles. The van der Waals surface area contributed by atoms with Crippen molar-refractivity contribution in [3.63, 3.8) is 0 Å². The highest BCUT2D eigenvalue weighted by Crippen LogP contribution is 2.16. The lowest BCUT2D eigenvalue weighted by molar-refractivity contribution is -0.134. The van der Waals surface area contributed by atoms with Crippen molar-refractivity contribution in [2.24, 2.45) is 4.40 Å². The lowest BCUT2D eigenvalue weighted by Crippen LogP contribution is -2.25. The number of carbonyl (C=O) groups excluding carboxylic acids is 1.